The van der Waals surface area contributed by atoms with E-state index in [0.717, 1.165) is 55.6 Å². The van der Waals surface area contributed by atoms with Gasteiger partial charge < -0.3 is 9.64 Å². The van der Waals surface area contributed by atoms with Gasteiger partial charge in [-0.3, -0.25) is 4.98 Å². The van der Waals surface area contributed by atoms with Gasteiger partial charge in [-0.15, -0.1) is 0 Å². The second kappa shape index (κ2) is 6.73. The SMILES string of the molecule is Cc1cccc(OCC2CCN(c3cncc(C)n3)CC2)n1. The lowest BCUT2D eigenvalue weighted by atomic mass is 9.98. The zero-order valence-electron chi connectivity index (χ0n) is 13.2. The Balaban J connectivity index is 1.49. The van der Waals surface area contributed by atoms with Crippen molar-refractivity contribution >= 4 is 5.82 Å². The fourth-order valence-corrected chi connectivity index (χ4v) is 2.73. The summed E-state index contributed by atoms with van der Waals surface area (Å²) in [4.78, 5) is 15.5. The summed E-state index contributed by atoms with van der Waals surface area (Å²) in [5.41, 5.74) is 1.96. The summed E-state index contributed by atoms with van der Waals surface area (Å²) >= 11 is 0. The maximum absolute atomic E-state index is 5.83. The first-order valence-corrected chi connectivity index (χ1v) is 7.81. The van der Waals surface area contributed by atoms with E-state index in [1.165, 1.54) is 0 Å². The van der Waals surface area contributed by atoms with Crippen molar-refractivity contribution in [2.45, 2.75) is 26.7 Å². The van der Waals surface area contributed by atoms with E-state index in [1.807, 2.05) is 38.2 Å². The first-order chi connectivity index (χ1) is 10.7. The largest absolute Gasteiger partial charge is 0.477 e. The molecular formula is C17H22N4O. The Labute approximate surface area is 131 Å². The van der Waals surface area contributed by atoms with Gasteiger partial charge in [-0.05, 0) is 38.7 Å². The summed E-state index contributed by atoms with van der Waals surface area (Å²) in [5.74, 6) is 2.29. The minimum Gasteiger partial charge on any atom is -0.477 e. The number of anilines is 1. The molecule has 3 rings (SSSR count). The van der Waals surface area contributed by atoms with Crippen molar-refractivity contribution in [3.8, 4) is 5.88 Å². The highest BCUT2D eigenvalue weighted by atomic mass is 16.5. The molecule has 1 saturated heterocycles. The van der Waals surface area contributed by atoms with E-state index in [2.05, 4.69) is 19.9 Å². The molecule has 0 N–H and O–H groups in total. The molecule has 0 saturated carbocycles. The average molecular weight is 298 g/mol. The lowest BCUT2D eigenvalue weighted by Crippen LogP contribution is -2.36. The number of hydrogen-bond donors (Lipinski definition) is 0. The number of rotatable bonds is 4. The highest BCUT2D eigenvalue weighted by Gasteiger charge is 2.21. The van der Waals surface area contributed by atoms with Gasteiger partial charge in [0.15, 0.2) is 0 Å². The Bertz CT molecular complexity index is 624. The van der Waals surface area contributed by atoms with Crippen LogP contribution in [0.4, 0.5) is 5.82 Å². The Kier molecular flexibility index (Phi) is 4.51. The van der Waals surface area contributed by atoms with E-state index in [1.54, 1.807) is 6.20 Å². The molecule has 2 aromatic rings. The molecule has 0 aromatic carbocycles. The predicted octanol–water partition coefficient (Wildman–Crippen LogP) is 2.78. The summed E-state index contributed by atoms with van der Waals surface area (Å²) in [6, 6.07) is 5.88. The van der Waals surface area contributed by atoms with Crippen LogP contribution in [0.3, 0.4) is 0 Å². The molecular weight excluding hydrogens is 276 g/mol. The highest BCUT2D eigenvalue weighted by Crippen LogP contribution is 2.22. The van der Waals surface area contributed by atoms with Gasteiger partial charge in [-0.1, -0.05) is 6.07 Å². The van der Waals surface area contributed by atoms with Gasteiger partial charge in [0.25, 0.3) is 0 Å². The third kappa shape index (κ3) is 3.72. The van der Waals surface area contributed by atoms with Crippen LogP contribution in [0.1, 0.15) is 24.2 Å². The second-order valence-corrected chi connectivity index (χ2v) is 5.88. The summed E-state index contributed by atoms with van der Waals surface area (Å²) < 4.78 is 5.83. The Morgan fingerprint density at radius 2 is 1.91 bits per heavy atom. The van der Waals surface area contributed by atoms with Gasteiger partial charge >= 0.3 is 0 Å². The number of hydrogen-bond acceptors (Lipinski definition) is 5. The molecule has 0 radical (unpaired) electrons. The van der Waals surface area contributed by atoms with Crippen LogP contribution in [-0.2, 0) is 0 Å². The minimum absolute atomic E-state index is 0.580. The van der Waals surface area contributed by atoms with E-state index in [4.69, 9.17) is 4.74 Å². The van der Waals surface area contributed by atoms with Crippen LogP contribution in [0.2, 0.25) is 0 Å². The van der Waals surface area contributed by atoms with Gasteiger partial charge in [-0.25, -0.2) is 9.97 Å². The number of ether oxygens (including phenoxy) is 1. The molecule has 1 aliphatic heterocycles. The molecule has 0 aliphatic carbocycles. The standard InChI is InChI=1S/C17H22N4O/c1-13-4-3-5-17(20-13)22-12-15-6-8-21(9-7-15)16-11-18-10-14(2)19-16/h3-5,10-11,15H,6-9,12H2,1-2H3. The van der Waals surface area contributed by atoms with Gasteiger partial charge in [-0.2, -0.15) is 0 Å². The number of piperidine rings is 1. The third-order valence-corrected chi connectivity index (χ3v) is 4.01. The maximum Gasteiger partial charge on any atom is 0.213 e. The summed E-state index contributed by atoms with van der Waals surface area (Å²) in [6.45, 7) is 6.71. The minimum atomic E-state index is 0.580. The van der Waals surface area contributed by atoms with Crippen LogP contribution in [0.15, 0.2) is 30.6 Å². The lowest BCUT2D eigenvalue weighted by Gasteiger charge is -2.32. The Morgan fingerprint density at radius 1 is 1.09 bits per heavy atom. The molecule has 3 heterocycles. The van der Waals surface area contributed by atoms with E-state index in [-0.39, 0.29) is 0 Å². The third-order valence-electron chi connectivity index (χ3n) is 4.01. The van der Waals surface area contributed by atoms with E-state index in [9.17, 15) is 0 Å². The van der Waals surface area contributed by atoms with E-state index in [0.29, 0.717) is 5.92 Å². The van der Waals surface area contributed by atoms with Gasteiger partial charge in [0.1, 0.15) is 5.82 Å². The van der Waals surface area contributed by atoms with Gasteiger partial charge in [0, 0.05) is 31.0 Å². The van der Waals surface area contributed by atoms with Crippen molar-refractivity contribution in [2.75, 3.05) is 24.6 Å². The second-order valence-electron chi connectivity index (χ2n) is 5.88. The molecule has 1 aliphatic rings. The molecule has 0 unspecified atom stereocenters. The topological polar surface area (TPSA) is 51.1 Å². The first kappa shape index (κ1) is 14.8. The molecule has 5 heteroatoms. The smallest absolute Gasteiger partial charge is 0.213 e. The summed E-state index contributed by atoms with van der Waals surface area (Å²) in [6.07, 6.45) is 5.86. The average Bonchev–Trinajstić information content (AvgIpc) is 2.54. The van der Waals surface area contributed by atoms with Gasteiger partial charge in [0.2, 0.25) is 5.88 Å². The normalized spacial score (nSPS) is 15.8. The Morgan fingerprint density at radius 3 is 2.64 bits per heavy atom. The molecule has 5 nitrogen and oxygen atoms in total. The number of aryl methyl sites for hydroxylation is 2. The molecule has 116 valence electrons. The van der Waals surface area contributed by atoms with Crippen molar-refractivity contribution in [3.05, 3.63) is 42.0 Å². The monoisotopic (exact) mass is 298 g/mol. The zero-order valence-corrected chi connectivity index (χ0v) is 13.2. The van der Waals surface area contributed by atoms with Crippen LogP contribution in [0.25, 0.3) is 0 Å². The van der Waals surface area contributed by atoms with Crippen molar-refractivity contribution < 1.29 is 4.74 Å². The number of nitrogens with zero attached hydrogens (tertiary/aromatic N) is 4. The van der Waals surface area contributed by atoms with Gasteiger partial charge in [0.05, 0.1) is 18.5 Å². The fourth-order valence-electron chi connectivity index (χ4n) is 2.73. The van der Waals surface area contributed by atoms with Crippen molar-refractivity contribution in [1.29, 1.82) is 0 Å². The molecule has 22 heavy (non-hydrogen) atoms. The fraction of sp³-hybridized carbons (Fsp3) is 0.471. The van der Waals surface area contributed by atoms with Crippen LogP contribution in [0.5, 0.6) is 5.88 Å². The molecule has 0 amide bonds. The molecule has 0 bridgehead atoms. The number of pyridine rings is 1. The van der Waals surface area contributed by atoms with E-state index >= 15 is 0 Å². The summed E-state index contributed by atoms with van der Waals surface area (Å²) in [5, 5.41) is 0. The number of aromatic nitrogens is 3. The van der Waals surface area contributed by atoms with Crippen LogP contribution in [-0.4, -0.2) is 34.6 Å². The predicted molar refractivity (Wildman–Crippen MR) is 86.2 cm³/mol. The van der Waals surface area contributed by atoms with Crippen LogP contribution < -0.4 is 9.64 Å². The lowest BCUT2D eigenvalue weighted by molar-refractivity contribution is 0.215. The van der Waals surface area contributed by atoms with Crippen LogP contribution in [0, 0.1) is 19.8 Å². The maximum atomic E-state index is 5.83. The summed E-state index contributed by atoms with van der Waals surface area (Å²) in [7, 11) is 0. The highest BCUT2D eigenvalue weighted by molar-refractivity contribution is 5.36. The quantitative estimate of drug-likeness (QED) is 0.868. The zero-order chi connectivity index (χ0) is 15.4. The first-order valence-electron chi connectivity index (χ1n) is 7.81. The van der Waals surface area contributed by atoms with Crippen molar-refractivity contribution in [1.82, 2.24) is 15.0 Å². The Hall–Kier alpha value is -2.17. The molecule has 0 spiro atoms. The van der Waals surface area contributed by atoms with E-state index < -0.39 is 0 Å². The molecule has 0 atom stereocenters. The van der Waals surface area contributed by atoms with Crippen molar-refractivity contribution in [2.24, 2.45) is 5.92 Å². The van der Waals surface area contributed by atoms with Crippen molar-refractivity contribution in [3.63, 3.8) is 0 Å². The van der Waals surface area contributed by atoms with Crippen LogP contribution >= 0.6 is 0 Å². The molecule has 1 fully saturated rings. The molecule has 2 aromatic heterocycles.